The fourth-order valence-electron chi connectivity index (χ4n) is 2.89. The molecule has 2 aromatic rings. The number of rotatable bonds is 3. The van der Waals surface area contributed by atoms with Crippen LogP contribution in [-0.2, 0) is 4.79 Å². The summed E-state index contributed by atoms with van der Waals surface area (Å²) in [5.74, 6) is 0.00769. The summed E-state index contributed by atoms with van der Waals surface area (Å²) in [6.07, 6.45) is 3.91. The van der Waals surface area contributed by atoms with Gasteiger partial charge >= 0.3 is 0 Å². The first-order valence-electron chi connectivity index (χ1n) is 7.01. The molecule has 2 heterocycles. The van der Waals surface area contributed by atoms with Crippen LogP contribution in [0.15, 0.2) is 48.7 Å². The Morgan fingerprint density at radius 1 is 1.25 bits per heavy atom. The van der Waals surface area contributed by atoms with E-state index in [0.717, 1.165) is 30.6 Å². The second kappa shape index (κ2) is 5.51. The summed E-state index contributed by atoms with van der Waals surface area (Å²) in [5.41, 5.74) is 8.10. The van der Waals surface area contributed by atoms with Gasteiger partial charge in [0.05, 0.1) is 6.04 Å². The van der Waals surface area contributed by atoms with Crippen LogP contribution in [0.1, 0.15) is 36.2 Å². The van der Waals surface area contributed by atoms with Gasteiger partial charge < -0.3 is 15.6 Å². The van der Waals surface area contributed by atoms with Crippen molar-refractivity contribution in [2.24, 2.45) is 5.73 Å². The van der Waals surface area contributed by atoms with Crippen LogP contribution in [0.4, 0.5) is 0 Å². The molecule has 1 amide bonds. The van der Waals surface area contributed by atoms with Crippen molar-refractivity contribution in [1.29, 1.82) is 0 Å². The standard InChI is InChI=1S/C16H19N3O/c17-15(12-6-2-1-3-7-12)16(20)19-11-5-9-14(19)13-8-4-10-18-13/h1-4,6-8,10,14-15,18H,5,9,11,17H2. The van der Waals surface area contributed by atoms with Crippen LogP contribution in [-0.4, -0.2) is 22.3 Å². The number of nitrogens with zero attached hydrogens (tertiary/aromatic N) is 1. The fraction of sp³-hybridized carbons (Fsp3) is 0.312. The van der Waals surface area contributed by atoms with E-state index in [2.05, 4.69) is 4.98 Å². The van der Waals surface area contributed by atoms with Gasteiger partial charge in [-0.25, -0.2) is 0 Å². The smallest absolute Gasteiger partial charge is 0.244 e. The molecule has 4 nitrogen and oxygen atoms in total. The number of hydrogen-bond donors (Lipinski definition) is 2. The van der Waals surface area contributed by atoms with E-state index < -0.39 is 6.04 Å². The van der Waals surface area contributed by atoms with Gasteiger partial charge in [-0.3, -0.25) is 4.79 Å². The summed E-state index contributed by atoms with van der Waals surface area (Å²) in [5, 5.41) is 0. The first-order chi connectivity index (χ1) is 9.77. The predicted octanol–water partition coefficient (Wildman–Crippen LogP) is 2.38. The van der Waals surface area contributed by atoms with Crippen LogP contribution in [0.2, 0.25) is 0 Å². The summed E-state index contributed by atoms with van der Waals surface area (Å²) in [6, 6.07) is 13.1. The van der Waals surface area contributed by atoms with E-state index in [9.17, 15) is 4.79 Å². The van der Waals surface area contributed by atoms with Gasteiger partial charge in [0, 0.05) is 18.4 Å². The maximum absolute atomic E-state index is 12.6. The third-order valence-electron chi connectivity index (χ3n) is 3.94. The number of nitrogens with one attached hydrogen (secondary N) is 1. The Kier molecular flexibility index (Phi) is 3.56. The summed E-state index contributed by atoms with van der Waals surface area (Å²) in [7, 11) is 0. The molecule has 1 aromatic carbocycles. The van der Waals surface area contributed by atoms with Crippen molar-refractivity contribution in [2.75, 3.05) is 6.54 Å². The van der Waals surface area contributed by atoms with Gasteiger partial charge in [-0.2, -0.15) is 0 Å². The zero-order chi connectivity index (χ0) is 13.9. The van der Waals surface area contributed by atoms with E-state index in [4.69, 9.17) is 5.73 Å². The highest BCUT2D eigenvalue weighted by atomic mass is 16.2. The van der Waals surface area contributed by atoms with E-state index in [1.54, 1.807) is 0 Å². The van der Waals surface area contributed by atoms with Crippen molar-refractivity contribution in [3.63, 3.8) is 0 Å². The Bertz CT molecular complexity index is 565. The molecule has 4 heteroatoms. The number of benzene rings is 1. The second-order valence-corrected chi connectivity index (χ2v) is 5.20. The van der Waals surface area contributed by atoms with Crippen molar-refractivity contribution in [3.8, 4) is 0 Å². The summed E-state index contributed by atoms with van der Waals surface area (Å²) in [4.78, 5) is 17.8. The summed E-state index contributed by atoms with van der Waals surface area (Å²) >= 11 is 0. The minimum absolute atomic E-state index is 0.00769. The van der Waals surface area contributed by atoms with Crippen LogP contribution in [0.5, 0.6) is 0 Å². The van der Waals surface area contributed by atoms with E-state index in [0.29, 0.717) is 0 Å². The molecule has 1 aromatic heterocycles. The minimum atomic E-state index is -0.577. The van der Waals surface area contributed by atoms with Crippen LogP contribution < -0.4 is 5.73 Å². The third-order valence-corrected chi connectivity index (χ3v) is 3.94. The highest BCUT2D eigenvalue weighted by molar-refractivity contribution is 5.83. The molecule has 0 radical (unpaired) electrons. The SMILES string of the molecule is NC(C(=O)N1CCCC1c1ccc[nH]1)c1ccccc1. The highest BCUT2D eigenvalue weighted by Gasteiger charge is 2.33. The van der Waals surface area contributed by atoms with Crippen molar-refractivity contribution in [3.05, 3.63) is 59.9 Å². The molecule has 0 spiro atoms. The third kappa shape index (κ3) is 2.34. The average Bonchev–Trinajstić information content (AvgIpc) is 3.16. The lowest BCUT2D eigenvalue weighted by molar-refractivity contribution is -0.133. The van der Waals surface area contributed by atoms with Crippen molar-refractivity contribution in [2.45, 2.75) is 24.9 Å². The number of aromatic nitrogens is 1. The van der Waals surface area contributed by atoms with Crippen molar-refractivity contribution in [1.82, 2.24) is 9.88 Å². The summed E-state index contributed by atoms with van der Waals surface area (Å²) in [6.45, 7) is 0.781. The Morgan fingerprint density at radius 2 is 2.05 bits per heavy atom. The average molecular weight is 269 g/mol. The molecule has 3 rings (SSSR count). The molecule has 3 N–H and O–H groups in total. The molecule has 0 aliphatic carbocycles. The lowest BCUT2D eigenvalue weighted by Gasteiger charge is -2.27. The number of H-pyrrole nitrogens is 1. The highest BCUT2D eigenvalue weighted by Crippen LogP contribution is 2.32. The van der Waals surface area contributed by atoms with Gasteiger partial charge in [0.15, 0.2) is 0 Å². The number of aromatic amines is 1. The Balaban J connectivity index is 1.79. The molecule has 1 aliphatic heterocycles. The molecule has 0 bridgehead atoms. The number of nitrogens with two attached hydrogens (primary N) is 1. The normalized spacial score (nSPS) is 20.1. The molecule has 1 fully saturated rings. The molecule has 2 atom stereocenters. The van der Waals surface area contributed by atoms with E-state index in [1.807, 2.05) is 53.6 Å². The van der Waals surface area contributed by atoms with Crippen LogP contribution in [0, 0.1) is 0 Å². The number of carbonyl (C=O) groups excluding carboxylic acids is 1. The van der Waals surface area contributed by atoms with Crippen molar-refractivity contribution < 1.29 is 4.79 Å². The predicted molar refractivity (Wildman–Crippen MR) is 77.9 cm³/mol. The van der Waals surface area contributed by atoms with Gasteiger partial charge in [0.1, 0.15) is 6.04 Å². The van der Waals surface area contributed by atoms with E-state index >= 15 is 0 Å². The molecular formula is C16H19N3O. The monoisotopic (exact) mass is 269 g/mol. The van der Waals surface area contributed by atoms with Gasteiger partial charge in [0.25, 0.3) is 0 Å². The molecule has 1 saturated heterocycles. The van der Waals surface area contributed by atoms with E-state index in [1.165, 1.54) is 0 Å². The Morgan fingerprint density at radius 3 is 2.75 bits per heavy atom. The Hall–Kier alpha value is -2.07. The molecule has 20 heavy (non-hydrogen) atoms. The van der Waals surface area contributed by atoms with Crippen molar-refractivity contribution >= 4 is 5.91 Å². The van der Waals surface area contributed by atoms with Gasteiger partial charge in [-0.15, -0.1) is 0 Å². The minimum Gasteiger partial charge on any atom is -0.363 e. The lowest BCUT2D eigenvalue weighted by Crippen LogP contribution is -2.38. The summed E-state index contributed by atoms with van der Waals surface area (Å²) < 4.78 is 0. The van der Waals surface area contributed by atoms with Gasteiger partial charge in [-0.1, -0.05) is 30.3 Å². The second-order valence-electron chi connectivity index (χ2n) is 5.20. The number of likely N-dealkylation sites (tertiary alicyclic amines) is 1. The molecule has 2 unspecified atom stereocenters. The largest absolute Gasteiger partial charge is 0.363 e. The first kappa shape index (κ1) is 12.9. The van der Waals surface area contributed by atoms with Gasteiger partial charge in [-0.05, 0) is 30.5 Å². The number of hydrogen-bond acceptors (Lipinski definition) is 2. The molecule has 1 aliphatic rings. The zero-order valence-corrected chi connectivity index (χ0v) is 11.3. The first-order valence-corrected chi connectivity index (χ1v) is 7.01. The topological polar surface area (TPSA) is 62.1 Å². The number of carbonyl (C=O) groups is 1. The zero-order valence-electron chi connectivity index (χ0n) is 11.3. The quantitative estimate of drug-likeness (QED) is 0.898. The Labute approximate surface area is 118 Å². The van der Waals surface area contributed by atoms with Crippen LogP contribution in [0.25, 0.3) is 0 Å². The number of amides is 1. The molecule has 104 valence electrons. The maximum Gasteiger partial charge on any atom is 0.244 e. The van der Waals surface area contributed by atoms with Gasteiger partial charge in [0.2, 0.25) is 5.91 Å². The van der Waals surface area contributed by atoms with E-state index in [-0.39, 0.29) is 11.9 Å². The van der Waals surface area contributed by atoms with Crippen LogP contribution in [0.3, 0.4) is 0 Å². The fourth-order valence-corrected chi connectivity index (χ4v) is 2.89. The molecule has 0 saturated carbocycles. The molecular weight excluding hydrogens is 250 g/mol. The lowest BCUT2D eigenvalue weighted by atomic mass is 10.1. The maximum atomic E-state index is 12.6. The van der Waals surface area contributed by atoms with Crippen LogP contribution >= 0.6 is 0 Å².